The molecule has 0 radical (unpaired) electrons. The summed E-state index contributed by atoms with van der Waals surface area (Å²) in [6.45, 7) is 5.15. The van der Waals surface area contributed by atoms with Crippen LogP contribution in [0.3, 0.4) is 0 Å². The van der Waals surface area contributed by atoms with E-state index in [2.05, 4.69) is 18.7 Å². The van der Waals surface area contributed by atoms with Crippen molar-refractivity contribution in [3.05, 3.63) is 29.8 Å². The van der Waals surface area contributed by atoms with E-state index in [1.54, 1.807) is 7.11 Å². The lowest BCUT2D eigenvalue weighted by molar-refractivity contribution is -0.00102. The second-order valence-electron chi connectivity index (χ2n) is 5.39. The van der Waals surface area contributed by atoms with Crippen molar-refractivity contribution in [2.75, 3.05) is 34.4 Å². The van der Waals surface area contributed by atoms with Gasteiger partial charge in [-0.3, -0.25) is 0 Å². The van der Waals surface area contributed by atoms with Gasteiger partial charge in [0.15, 0.2) is 0 Å². The van der Waals surface area contributed by atoms with Gasteiger partial charge in [0.2, 0.25) is 0 Å². The molecule has 0 saturated heterocycles. The zero-order valence-electron chi connectivity index (χ0n) is 13.2. The molecule has 0 saturated carbocycles. The Morgan fingerprint density at radius 1 is 1.25 bits per heavy atom. The van der Waals surface area contributed by atoms with Gasteiger partial charge < -0.3 is 19.5 Å². The summed E-state index contributed by atoms with van der Waals surface area (Å²) in [5, 5.41) is 10.8. The van der Waals surface area contributed by atoms with Gasteiger partial charge in [0.1, 0.15) is 18.5 Å². The van der Waals surface area contributed by atoms with Crippen molar-refractivity contribution in [1.29, 1.82) is 0 Å². The number of rotatable bonds is 8. The molecule has 0 amide bonds. The molecule has 0 aromatic heterocycles. The van der Waals surface area contributed by atoms with Gasteiger partial charge in [-0.2, -0.15) is 0 Å². The lowest BCUT2D eigenvalue weighted by Gasteiger charge is -2.40. The van der Waals surface area contributed by atoms with Crippen LogP contribution in [0.1, 0.15) is 31.9 Å². The van der Waals surface area contributed by atoms with E-state index in [4.69, 9.17) is 9.47 Å². The maximum absolute atomic E-state index is 10.8. The van der Waals surface area contributed by atoms with E-state index in [0.29, 0.717) is 13.2 Å². The number of para-hydroxylation sites is 1. The van der Waals surface area contributed by atoms with E-state index in [9.17, 15) is 5.11 Å². The number of nitrogens with zero attached hydrogens (tertiary/aromatic N) is 1. The summed E-state index contributed by atoms with van der Waals surface area (Å²) < 4.78 is 10.7. The van der Waals surface area contributed by atoms with Crippen LogP contribution >= 0.6 is 0 Å². The molecule has 4 heteroatoms. The first-order valence-electron chi connectivity index (χ1n) is 7.03. The SMILES string of the molecule is CCC(C)(C(O)c1ccccc1OCCOC)N(C)C. The van der Waals surface area contributed by atoms with Crippen LogP contribution < -0.4 is 4.74 Å². The molecule has 0 spiro atoms. The van der Waals surface area contributed by atoms with Crippen molar-refractivity contribution >= 4 is 0 Å². The van der Waals surface area contributed by atoms with Crippen LogP contribution in [0.4, 0.5) is 0 Å². The fourth-order valence-corrected chi connectivity index (χ4v) is 2.16. The van der Waals surface area contributed by atoms with Gasteiger partial charge in [0.05, 0.1) is 6.61 Å². The Bertz CT molecular complexity index is 408. The van der Waals surface area contributed by atoms with Crippen LogP contribution in [0.5, 0.6) is 5.75 Å². The van der Waals surface area contributed by atoms with Crippen molar-refractivity contribution in [3.8, 4) is 5.75 Å². The van der Waals surface area contributed by atoms with Crippen molar-refractivity contribution < 1.29 is 14.6 Å². The molecule has 0 aliphatic heterocycles. The molecule has 1 rings (SSSR count). The summed E-state index contributed by atoms with van der Waals surface area (Å²) >= 11 is 0. The minimum absolute atomic E-state index is 0.333. The topological polar surface area (TPSA) is 41.9 Å². The normalized spacial score (nSPS) is 15.9. The number of hydrogen-bond donors (Lipinski definition) is 1. The third-order valence-corrected chi connectivity index (χ3v) is 4.09. The highest BCUT2D eigenvalue weighted by atomic mass is 16.5. The molecule has 2 unspecified atom stereocenters. The second-order valence-corrected chi connectivity index (χ2v) is 5.39. The summed E-state index contributed by atoms with van der Waals surface area (Å²) in [4.78, 5) is 2.06. The van der Waals surface area contributed by atoms with Crippen molar-refractivity contribution in [3.63, 3.8) is 0 Å². The van der Waals surface area contributed by atoms with E-state index in [0.717, 1.165) is 17.7 Å². The van der Waals surface area contributed by atoms with Crippen LogP contribution in [0.2, 0.25) is 0 Å². The number of hydrogen-bond acceptors (Lipinski definition) is 4. The van der Waals surface area contributed by atoms with Gasteiger partial charge in [0, 0.05) is 18.2 Å². The van der Waals surface area contributed by atoms with Crippen LogP contribution in [0.25, 0.3) is 0 Å². The first kappa shape index (κ1) is 17.0. The summed E-state index contributed by atoms with van der Waals surface area (Å²) in [5.41, 5.74) is 0.488. The molecule has 0 bridgehead atoms. The van der Waals surface area contributed by atoms with E-state index in [1.807, 2.05) is 38.4 Å². The average Bonchev–Trinajstić information content (AvgIpc) is 2.46. The van der Waals surface area contributed by atoms with Gasteiger partial charge in [-0.1, -0.05) is 25.1 Å². The van der Waals surface area contributed by atoms with Gasteiger partial charge in [-0.05, 0) is 33.5 Å². The van der Waals surface area contributed by atoms with E-state index < -0.39 is 6.10 Å². The highest BCUT2D eigenvalue weighted by Crippen LogP contribution is 2.36. The lowest BCUT2D eigenvalue weighted by Crippen LogP contribution is -2.46. The van der Waals surface area contributed by atoms with Crippen LogP contribution in [-0.2, 0) is 4.74 Å². The zero-order chi connectivity index (χ0) is 15.2. The zero-order valence-corrected chi connectivity index (χ0v) is 13.2. The first-order valence-corrected chi connectivity index (χ1v) is 7.03. The van der Waals surface area contributed by atoms with Crippen molar-refractivity contribution in [2.24, 2.45) is 0 Å². The highest BCUT2D eigenvalue weighted by molar-refractivity contribution is 5.36. The highest BCUT2D eigenvalue weighted by Gasteiger charge is 2.35. The Labute approximate surface area is 122 Å². The number of likely N-dealkylation sites (N-methyl/N-ethyl adjacent to an activating group) is 1. The quantitative estimate of drug-likeness (QED) is 0.743. The predicted octanol–water partition coefficient (Wildman–Crippen LogP) is 2.48. The molecule has 20 heavy (non-hydrogen) atoms. The number of benzene rings is 1. The van der Waals surface area contributed by atoms with Crippen molar-refractivity contribution in [1.82, 2.24) is 4.90 Å². The van der Waals surface area contributed by atoms with Crippen LogP contribution in [0.15, 0.2) is 24.3 Å². The summed E-state index contributed by atoms with van der Waals surface area (Å²) in [7, 11) is 5.62. The largest absolute Gasteiger partial charge is 0.491 e. The minimum atomic E-state index is -0.610. The number of methoxy groups -OCH3 is 1. The number of aliphatic hydroxyl groups excluding tert-OH is 1. The maximum atomic E-state index is 10.8. The Morgan fingerprint density at radius 3 is 2.45 bits per heavy atom. The Hall–Kier alpha value is -1.10. The molecule has 1 aromatic carbocycles. The third kappa shape index (κ3) is 3.72. The Kier molecular flexibility index (Phi) is 6.46. The minimum Gasteiger partial charge on any atom is -0.491 e. The smallest absolute Gasteiger partial charge is 0.125 e. The van der Waals surface area contributed by atoms with Gasteiger partial charge in [-0.25, -0.2) is 0 Å². The van der Waals surface area contributed by atoms with E-state index in [1.165, 1.54) is 0 Å². The first-order chi connectivity index (χ1) is 9.47. The number of ether oxygens (including phenoxy) is 2. The van der Waals surface area contributed by atoms with Gasteiger partial charge in [0.25, 0.3) is 0 Å². The molecule has 0 aliphatic carbocycles. The molecular formula is C16H27NO3. The summed E-state index contributed by atoms with van der Waals surface area (Å²) in [5.74, 6) is 0.721. The molecule has 0 fully saturated rings. The van der Waals surface area contributed by atoms with Crippen LogP contribution in [0, 0.1) is 0 Å². The Morgan fingerprint density at radius 2 is 1.90 bits per heavy atom. The van der Waals surface area contributed by atoms with E-state index >= 15 is 0 Å². The second kappa shape index (κ2) is 7.62. The predicted molar refractivity (Wildman–Crippen MR) is 81.2 cm³/mol. The molecular weight excluding hydrogens is 254 g/mol. The summed E-state index contributed by atoms with van der Waals surface area (Å²) in [6.07, 6.45) is 0.231. The molecule has 1 N–H and O–H groups in total. The fraction of sp³-hybridized carbons (Fsp3) is 0.625. The van der Waals surface area contributed by atoms with E-state index in [-0.39, 0.29) is 5.54 Å². The molecule has 1 aromatic rings. The number of aliphatic hydroxyl groups is 1. The Balaban J connectivity index is 2.99. The fourth-order valence-electron chi connectivity index (χ4n) is 2.16. The maximum Gasteiger partial charge on any atom is 0.125 e. The molecule has 2 atom stereocenters. The third-order valence-electron chi connectivity index (χ3n) is 4.09. The van der Waals surface area contributed by atoms with Gasteiger partial charge >= 0.3 is 0 Å². The monoisotopic (exact) mass is 281 g/mol. The standard InChI is InChI=1S/C16H27NO3/c1-6-16(2,17(3)4)15(18)13-9-7-8-10-14(13)20-12-11-19-5/h7-10,15,18H,6,11-12H2,1-5H3. The molecule has 0 heterocycles. The lowest BCUT2D eigenvalue weighted by atomic mass is 9.85. The molecule has 0 aliphatic rings. The summed E-state index contributed by atoms with van der Waals surface area (Å²) in [6, 6.07) is 7.65. The van der Waals surface area contributed by atoms with Crippen molar-refractivity contribution in [2.45, 2.75) is 31.9 Å². The van der Waals surface area contributed by atoms with Crippen LogP contribution in [-0.4, -0.2) is 50.0 Å². The molecule has 114 valence electrons. The average molecular weight is 281 g/mol. The van der Waals surface area contributed by atoms with Gasteiger partial charge in [-0.15, -0.1) is 0 Å². The molecule has 4 nitrogen and oxygen atoms in total.